The summed E-state index contributed by atoms with van der Waals surface area (Å²) >= 11 is 4.52. The van der Waals surface area contributed by atoms with Crippen molar-refractivity contribution in [2.45, 2.75) is 5.25 Å². The van der Waals surface area contributed by atoms with Crippen molar-refractivity contribution >= 4 is 24.0 Å². The predicted molar refractivity (Wildman–Crippen MR) is 74.8 cm³/mol. The second kappa shape index (κ2) is 5.10. The molecule has 2 aromatic carbocycles. The Labute approximate surface area is 110 Å². The molecule has 18 heavy (non-hydrogen) atoms. The van der Waals surface area contributed by atoms with E-state index in [0.717, 1.165) is 11.1 Å². The van der Waals surface area contributed by atoms with Crippen molar-refractivity contribution in [3.63, 3.8) is 0 Å². The number of nitrogen functional groups attached to an aromatic ring is 1. The lowest BCUT2D eigenvalue weighted by molar-refractivity contribution is -0.384. The Balaban J connectivity index is 2.25. The van der Waals surface area contributed by atoms with Crippen LogP contribution in [-0.4, -0.2) is 4.92 Å². The molecule has 92 valence electrons. The third kappa shape index (κ3) is 2.62. The average Bonchev–Trinajstić information content (AvgIpc) is 2.39. The molecule has 0 spiro atoms. The summed E-state index contributed by atoms with van der Waals surface area (Å²) in [4.78, 5) is 10.1. The zero-order valence-electron chi connectivity index (χ0n) is 9.48. The van der Waals surface area contributed by atoms with E-state index in [1.807, 2.05) is 24.3 Å². The molecule has 0 heterocycles. The average molecular weight is 260 g/mol. The van der Waals surface area contributed by atoms with Gasteiger partial charge in [0.05, 0.1) is 10.2 Å². The highest BCUT2D eigenvalue weighted by molar-refractivity contribution is 7.80. The topological polar surface area (TPSA) is 69.2 Å². The van der Waals surface area contributed by atoms with E-state index in [0.29, 0.717) is 5.69 Å². The van der Waals surface area contributed by atoms with Crippen LogP contribution in [0, 0.1) is 10.1 Å². The highest BCUT2D eigenvalue weighted by Gasteiger charge is 2.11. The number of anilines is 1. The number of nitrogens with zero attached hydrogens (tertiary/aromatic N) is 1. The Kier molecular flexibility index (Phi) is 3.53. The number of thiol groups is 1. The van der Waals surface area contributed by atoms with Gasteiger partial charge in [-0.15, -0.1) is 0 Å². The van der Waals surface area contributed by atoms with Crippen LogP contribution in [-0.2, 0) is 0 Å². The van der Waals surface area contributed by atoms with Gasteiger partial charge in [-0.05, 0) is 23.3 Å². The SMILES string of the molecule is Nc1ccc(C(S)c2ccc([N+](=O)[O-])cc2)cc1. The van der Waals surface area contributed by atoms with Crippen molar-refractivity contribution < 1.29 is 4.92 Å². The molecule has 0 saturated heterocycles. The quantitative estimate of drug-likeness (QED) is 0.385. The smallest absolute Gasteiger partial charge is 0.269 e. The molecule has 2 rings (SSSR count). The molecule has 1 unspecified atom stereocenters. The number of nitro groups is 1. The van der Waals surface area contributed by atoms with E-state index in [4.69, 9.17) is 5.73 Å². The van der Waals surface area contributed by atoms with Crippen LogP contribution in [0.25, 0.3) is 0 Å². The fourth-order valence-electron chi connectivity index (χ4n) is 1.65. The summed E-state index contributed by atoms with van der Waals surface area (Å²) in [6, 6.07) is 13.8. The summed E-state index contributed by atoms with van der Waals surface area (Å²) in [6.45, 7) is 0. The first kappa shape index (κ1) is 12.4. The molecule has 0 radical (unpaired) electrons. The van der Waals surface area contributed by atoms with Crippen LogP contribution >= 0.6 is 12.6 Å². The Bertz CT molecular complexity index is 552. The normalized spacial score (nSPS) is 12.1. The molecule has 0 aliphatic heterocycles. The van der Waals surface area contributed by atoms with Crippen molar-refractivity contribution in [2.24, 2.45) is 0 Å². The van der Waals surface area contributed by atoms with E-state index >= 15 is 0 Å². The molecular formula is C13H12N2O2S. The number of rotatable bonds is 3. The van der Waals surface area contributed by atoms with Gasteiger partial charge in [0.2, 0.25) is 0 Å². The highest BCUT2D eigenvalue weighted by atomic mass is 32.1. The molecule has 0 bridgehead atoms. The van der Waals surface area contributed by atoms with Crippen LogP contribution in [0.1, 0.15) is 16.4 Å². The summed E-state index contributed by atoms with van der Waals surface area (Å²) < 4.78 is 0. The maximum atomic E-state index is 10.6. The second-order valence-corrected chi connectivity index (χ2v) is 4.43. The minimum absolute atomic E-state index is 0.0802. The summed E-state index contributed by atoms with van der Waals surface area (Å²) in [5, 5.41) is 10.4. The standard InChI is InChI=1S/C13H12N2O2S/c14-11-5-1-9(2-6-11)13(18)10-3-7-12(8-4-10)15(16)17/h1-8,13,18H,14H2. The van der Waals surface area contributed by atoms with Crippen LogP contribution < -0.4 is 5.73 Å². The third-order valence-electron chi connectivity index (χ3n) is 2.67. The van der Waals surface area contributed by atoms with Crippen LogP contribution in [0.5, 0.6) is 0 Å². The van der Waals surface area contributed by atoms with Gasteiger partial charge in [0.1, 0.15) is 0 Å². The van der Waals surface area contributed by atoms with Crippen LogP contribution in [0.15, 0.2) is 48.5 Å². The Morgan fingerprint density at radius 3 is 1.89 bits per heavy atom. The van der Waals surface area contributed by atoms with Gasteiger partial charge in [-0.25, -0.2) is 0 Å². The lowest BCUT2D eigenvalue weighted by atomic mass is 10.0. The molecule has 2 N–H and O–H groups in total. The van der Waals surface area contributed by atoms with E-state index in [9.17, 15) is 10.1 Å². The molecule has 0 amide bonds. The number of nitro benzene ring substituents is 1. The first-order valence-corrected chi connectivity index (χ1v) is 5.87. The lowest BCUT2D eigenvalue weighted by Crippen LogP contribution is -1.95. The highest BCUT2D eigenvalue weighted by Crippen LogP contribution is 2.29. The zero-order chi connectivity index (χ0) is 13.1. The van der Waals surface area contributed by atoms with Crippen LogP contribution in [0.4, 0.5) is 11.4 Å². The summed E-state index contributed by atoms with van der Waals surface area (Å²) in [5.41, 5.74) is 8.31. The van der Waals surface area contributed by atoms with Crippen LogP contribution in [0.2, 0.25) is 0 Å². The van der Waals surface area contributed by atoms with Crippen LogP contribution in [0.3, 0.4) is 0 Å². The summed E-state index contributed by atoms with van der Waals surface area (Å²) in [7, 11) is 0. The van der Waals surface area contributed by atoms with Crippen molar-refractivity contribution in [1.82, 2.24) is 0 Å². The Morgan fingerprint density at radius 2 is 1.44 bits per heavy atom. The number of benzene rings is 2. The monoisotopic (exact) mass is 260 g/mol. The summed E-state index contributed by atoms with van der Waals surface area (Å²) in [5.74, 6) is 0. The van der Waals surface area contributed by atoms with Gasteiger partial charge in [0.15, 0.2) is 0 Å². The molecule has 0 aliphatic rings. The predicted octanol–water partition coefficient (Wildman–Crippen LogP) is 3.20. The van der Waals surface area contributed by atoms with E-state index < -0.39 is 4.92 Å². The van der Waals surface area contributed by atoms with E-state index in [1.165, 1.54) is 12.1 Å². The van der Waals surface area contributed by atoms with Gasteiger partial charge in [-0.3, -0.25) is 10.1 Å². The lowest BCUT2D eigenvalue weighted by Gasteiger charge is -2.11. The van der Waals surface area contributed by atoms with Crippen molar-refractivity contribution in [1.29, 1.82) is 0 Å². The minimum Gasteiger partial charge on any atom is -0.399 e. The van der Waals surface area contributed by atoms with Crippen molar-refractivity contribution in [3.8, 4) is 0 Å². The fraction of sp³-hybridized carbons (Fsp3) is 0.0769. The molecule has 5 heteroatoms. The van der Waals surface area contributed by atoms with Crippen molar-refractivity contribution in [2.75, 3.05) is 5.73 Å². The molecule has 4 nitrogen and oxygen atoms in total. The zero-order valence-corrected chi connectivity index (χ0v) is 10.4. The van der Waals surface area contributed by atoms with Gasteiger partial charge in [0.25, 0.3) is 5.69 Å². The number of hydrogen-bond donors (Lipinski definition) is 2. The number of non-ortho nitro benzene ring substituents is 1. The maximum absolute atomic E-state index is 10.6. The second-order valence-electron chi connectivity index (χ2n) is 3.92. The Morgan fingerprint density at radius 1 is 1.00 bits per heavy atom. The Hall–Kier alpha value is -2.01. The molecule has 0 aromatic heterocycles. The van der Waals surface area contributed by atoms with Gasteiger partial charge in [-0.1, -0.05) is 24.3 Å². The van der Waals surface area contributed by atoms with Gasteiger partial charge >= 0.3 is 0 Å². The first-order valence-electron chi connectivity index (χ1n) is 5.36. The number of hydrogen-bond acceptors (Lipinski definition) is 4. The van der Waals surface area contributed by atoms with E-state index in [2.05, 4.69) is 12.6 Å². The molecule has 0 fully saturated rings. The third-order valence-corrected chi connectivity index (χ3v) is 3.27. The minimum atomic E-state index is -0.416. The van der Waals surface area contributed by atoms with Gasteiger partial charge < -0.3 is 5.73 Å². The number of nitrogens with two attached hydrogens (primary N) is 1. The molecule has 0 saturated carbocycles. The molecular weight excluding hydrogens is 248 g/mol. The molecule has 1 atom stereocenters. The van der Waals surface area contributed by atoms with Gasteiger partial charge in [-0.2, -0.15) is 12.6 Å². The van der Waals surface area contributed by atoms with E-state index in [1.54, 1.807) is 12.1 Å². The first-order chi connectivity index (χ1) is 8.58. The maximum Gasteiger partial charge on any atom is 0.269 e. The van der Waals surface area contributed by atoms with Crippen molar-refractivity contribution in [3.05, 3.63) is 69.8 Å². The van der Waals surface area contributed by atoms with E-state index in [-0.39, 0.29) is 10.9 Å². The fourth-order valence-corrected chi connectivity index (χ4v) is 1.99. The molecule has 2 aromatic rings. The summed E-state index contributed by atoms with van der Waals surface area (Å²) in [6.07, 6.45) is 0. The molecule has 0 aliphatic carbocycles. The largest absolute Gasteiger partial charge is 0.399 e. The van der Waals surface area contributed by atoms with Gasteiger partial charge in [0, 0.05) is 17.8 Å².